The molecule has 0 aliphatic carbocycles. The van der Waals surface area contributed by atoms with Crippen molar-refractivity contribution in [3.63, 3.8) is 0 Å². The minimum absolute atomic E-state index is 0.166. The molecule has 3 aromatic rings. The van der Waals surface area contributed by atoms with Crippen LogP contribution in [0.15, 0.2) is 82.8 Å². The van der Waals surface area contributed by atoms with Gasteiger partial charge in [-0.2, -0.15) is 0 Å². The summed E-state index contributed by atoms with van der Waals surface area (Å²) in [7, 11) is 0. The number of nitrogens with one attached hydrogen (secondary N) is 1. The van der Waals surface area contributed by atoms with E-state index in [1.807, 2.05) is 61.5 Å². The molecule has 0 aromatic heterocycles. The number of fused-ring (bicyclic) bond motifs is 4. The first-order chi connectivity index (χ1) is 17.6. The second-order valence-corrected chi connectivity index (χ2v) is 9.59. The zero-order valence-electron chi connectivity index (χ0n) is 19.4. The van der Waals surface area contributed by atoms with Crippen LogP contribution in [0.25, 0.3) is 0 Å². The Morgan fingerprint density at radius 2 is 1.86 bits per heavy atom. The van der Waals surface area contributed by atoms with Gasteiger partial charge in [-0.25, -0.2) is 14.9 Å². The molecule has 0 saturated carbocycles. The van der Waals surface area contributed by atoms with E-state index in [-0.39, 0.29) is 18.6 Å². The summed E-state index contributed by atoms with van der Waals surface area (Å²) < 4.78 is 10.8. The standard InChI is InChI=1S/C27H22N4O4S/c1-2-22(25(32)28-17-12-13-20-21(14-17)35-15-34-20)36-27-29-19-11-7-6-10-18(19)24-30-23(26(33)31(24)27)16-8-4-3-5-9-16/h3-14,22-23H,2,15H2,1H3,(H,28,32)/t22-,23-/m1/s1. The van der Waals surface area contributed by atoms with E-state index >= 15 is 0 Å². The van der Waals surface area contributed by atoms with Crippen LogP contribution in [-0.4, -0.2) is 39.8 Å². The first kappa shape index (κ1) is 22.4. The van der Waals surface area contributed by atoms with Gasteiger partial charge < -0.3 is 14.8 Å². The van der Waals surface area contributed by atoms with Crippen molar-refractivity contribution in [1.29, 1.82) is 0 Å². The molecule has 8 nitrogen and oxygen atoms in total. The number of amidine groups is 2. The fraction of sp³-hybridized carbons (Fsp3) is 0.185. The predicted octanol–water partition coefficient (Wildman–Crippen LogP) is 4.90. The van der Waals surface area contributed by atoms with Gasteiger partial charge >= 0.3 is 0 Å². The van der Waals surface area contributed by atoms with Crippen molar-refractivity contribution in [2.24, 2.45) is 9.98 Å². The van der Waals surface area contributed by atoms with E-state index in [1.165, 1.54) is 11.8 Å². The van der Waals surface area contributed by atoms with Crippen LogP contribution < -0.4 is 14.8 Å². The largest absolute Gasteiger partial charge is 0.454 e. The summed E-state index contributed by atoms with van der Waals surface area (Å²) in [5.41, 5.74) is 2.95. The third-order valence-electron chi connectivity index (χ3n) is 6.14. The van der Waals surface area contributed by atoms with Crippen LogP contribution in [0.5, 0.6) is 11.5 Å². The average Bonchev–Trinajstić information content (AvgIpc) is 3.52. The van der Waals surface area contributed by atoms with E-state index in [0.29, 0.717) is 34.6 Å². The van der Waals surface area contributed by atoms with Crippen molar-refractivity contribution in [3.8, 4) is 11.5 Å². The van der Waals surface area contributed by atoms with Crippen LogP contribution in [0.2, 0.25) is 0 Å². The Labute approximate surface area is 212 Å². The Kier molecular flexibility index (Phi) is 5.69. The number of carbonyl (C=O) groups is 2. The molecule has 2 amide bonds. The quantitative estimate of drug-likeness (QED) is 0.540. The number of ether oxygens (including phenoxy) is 2. The minimum Gasteiger partial charge on any atom is -0.454 e. The summed E-state index contributed by atoms with van der Waals surface area (Å²) >= 11 is 1.27. The first-order valence-electron chi connectivity index (χ1n) is 11.6. The Morgan fingerprint density at radius 1 is 1.08 bits per heavy atom. The van der Waals surface area contributed by atoms with Crippen LogP contribution in [0, 0.1) is 0 Å². The molecule has 36 heavy (non-hydrogen) atoms. The second-order valence-electron chi connectivity index (χ2n) is 8.42. The number of hydrogen-bond donors (Lipinski definition) is 1. The van der Waals surface area contributed by atoms with Crippen LogP contribution in [0.4, 0.5) is 11.4 Å². The molecule has 3 aliphatic heterocycles. The van der Waals surface area contributed by atoms with Gasteiger partial charge in [0.05, 0.1) is 10.9 Å². The van der Waals surface area contributed by atoms with Gasteiger partial charge in [-0.05, 0) is 36.2 Å². The molecule has 6 rings (SSSR count). The van der Waals surface area contributed by atoms with Crippen molar-refractivity contribution in [1.82, 2.24) is 4.90 Å². The molecule has 9 heteroatoms. The smallest absolute Gasteiger partial charge is 0.263 e. The number of hydrogen-bond acceptors (Lipinski definition) is 7. The summed E-state index contributed by atoms with van der Waals surface area (Å²) in [6.07, 6.45) is 0.540. The fourth-order valence-corrected chi connectivity index (χ4v) is 5.35. The summed E-state index contributed by atoms with van der Waals surface area (Å²) in [5, 5.41) is 2.92. The maximum atomic E-state index is 13.6. The van der Waals surface area contributed by atoms with Crippen molar-refractivity contribution >= 4 is 46.0 Å². The molecule has 3 heterocycles. The molecular weight excluding hydrogens is 476 g/mol. The van der Waals surface area contributed by atoms with E-state index in [1.54, 1.807) is 23.1 Å². The van der Waals surface area contributed by atoms with Gasteiger partial charge in [0.1, 0.15) is 5.84 Å². The molecule has 0 radical (unpaired) electrons. The summed E-state index contributed by atoms with van der Waals surface area (Å²) in [4.78, 5) is 38.0. The third-order valence-corrected chi connectivity index (χ3v) is 7.45. The molecule has 0 saturated heterocycles. The lowest BCUT2D eigenvalue weighted by Crippen LogP contribution is -2.41. The maximum absolute atomic E-state index is 13.6. The highest BCUT2D eigenvalue weighted by atomic mass is 32.2. The number of aliphatic imine (C=N–C) groups is 2. The lowest BCUT2D eigenvalue weighted by molar-refractivity contribution is -0.124. The van der Waals surface area contributed by atoms with Crippen LogP contribution in [-0.2, 0) is 9.59 Å². The lowest BCUT2D eigenvalue weighted by Gasteiger charge is -2.27. The summed E-state index contributed by atoms with van der Waals surface area (Å²) in [5.74, 6) is 1.44. The lowest BCUT2D eigenvalue weighted by atomic mass is 10.1. The van der Waals surface area contributed by atoms with E-state index < -0.39 is 11.3 Å². The van der Waals surface area contributed by atoms with Gasteiger partial charge in [0.25, 0.3) is 5.91 Å². The SMILES string of the molecule is CC[C@@H](SC1=Nc2ccccc2C2=N[C@H](c3ccccc3)C(=O)N12)C(=O)Nc1ccc2c(c1)OCO2. The number of nitrogens with zero attached hydrogens (tertiary/aromatic N) is 3. The highest BCUT2D eigenvalue weighted by Gasteiger charge is 2.43. The van der Waals surface area contributed by atoms with Crippen LogP contribution >= 0.6 is 11.8 Å². The highest BCUT2D eigenvalue weighted by molar-refractivity contribution is 8.15. The Bertz CT molecular complexity index is 1420. The van der Waals surface area contributed by atoms with Crippen LogP contribution in [0.3, 0.4) is 0 Å². The van der Waals surface area contributed by atoms with Gasteiger partial charge in [0.15, 0.2) is 22.7 Å². The van der Waals surface area contributed by atoms with Crippen molar-refractivity contribution in [2.75, 3.05) is 12.1 Å². The van der Waals surface area contributed by atoms with Crippen molar-refractivity contribution in [3.05, 3.63) is 83.9 Å². The molecule has 0 unspecified atom stereocenters. The Hall–Kier alpha value is -4.11. The summed E-state index contributed by atoms with van der Waals surface area (Å²) in [6, 6.07) is 21.7. The first-order valence-corrected chi connectivity index (χ1v) is 12.5. The molecule has 1 N–H and O–H groups in total. The molecule has 3 aromatic carbocycles. The number of benzene rings is 3. The third kappa shape index (κ3) is 3.91. The predicted molar refractivity (Wildman–Crippen MR) is 139 cm³/mol. The minimum atomic E-state index is -0.652. The maximum Gasteiger partial charge on any atom is 0.263 e. The van der Waals surface area contributed by atoms with Crippen molar-refractivity contribution < 1.29 is 19.1 Å². The normalized spacial score (nSPS) is 18.2. The monoisotopic (exact) mass is 498 g/mol. The number of rotatable bonds is 5. The number of carbonyl (C=O) groups excluding carboxylic acids is 2. The van der Waals surface area contributed by atoms with E-state index in [2.05, 4.69) is 5.32 Å². The zero-order chi connectivity index (χ0) is 24.6. The number of para-hydroxylation sites is 1. The molecule has 2 atom stereocenters. The summed E-state index contributed by atoms with van der Waals surface area (Å²) in [6.45, 7) is 2.10. The number of anilines is 1. The Balaban J connectivity index is 1.29. The Morgan fingerprint density at radius 3 is 2.69 bits per heavy atom. The van der Waals surface area contributed by atoms with Crippen molar-refractivity contribution in [2.45, 2.75) is 24.6 Å². The molecule has 0 fully saturated rings. The average molecular weight is 499 g/mol. The second kappa shape index (κ2) is 9.16. The van der Waals surface area contributed by atoms with E-state index in [0.717, 1.165) is 16.8 Å². The molecule has 0 bridgehead atoms. The highest BCUT2D eigenvalue weighted by Crippen LogP contribution is 2.39. The number of amides is 2. The van der Waals surface area contributed by atoms with Gasteiger partial charge in [-0.15, -0.1) is 0 Å². The number of thioether (sulfide) groups is 1. The zero-order valence-corrected chi connectivity index (χ0v) is 20.2. The van der Waals surface area contributed by atoms with Gasteiger partial charge in [0.2, 0.25) is 12.7 Å². The molecule has 0 spiro atoms. The molecule has 3 aliphatic rings. The topological polar surface area (TPSA) is 92.6 Å². The van der Waals surface area contributed by atoms with E-state index in [4.69, 9.17) is 19.5 Å². The molecule has 180 valence electrons. The fourth-order valence-electron chi connectivity index (χ4n) is 4.33. The van der Waals surface area contributed by atoms with E-state index in [9.17, 15) is 9.59 Å². The molecular formula is C27H22N4O4S. The van der Waals surface area contributed by atoms with Gasteiger partial charge in [-0.1, -0.05) is 61.2 Å². The van der Waals surface area contributed by atoms with Gasteiger partial charge in [-0.3, -0.25) is 9.59 Å². The van der Waals surface area contributed by atoms with Gasteiger partial charge in [0, 0.05) is 17.3 Å². The van der Waals surface area contributed by atoms with Crippen LogP contribution in [0.1, 0.15) is 30.5 Å².